The van der Waals surface area contributed by atoms with Gasteiger partial charge >= 0.3 is 37.5 Å². The molecule has 5 nitrogen and oxygen atoms in total. The fourth-order valence-corrected chi connectivity index (χ4v) is 0.730. The zero-order chi connectivity index (χ0) is 7.61. The van der Waals surface area contributed by atoms with E-state index in [9.17, 15) is 13.7 Å². The molecule has 1 aromatic heterocycles. The maximum absolute atomic E-state index is 11.7. The van der Waals surface area contributed by atoms with Gasteiger partial charge in [0.25, 0.3) is 0 Å². The van der Waals surface area contributed by atoms with Crippen LogP contribution in [0.25, 0.3) is 0 Å². The molecule has 0 bridgehead atoms. The molecule has 0 saturated carbocycles. The summed E-state index contributed by atoms with van der Waals surface area (Å²) in [5, 5.41) is 0. The van der Waals surface area contributed by atoms with Crippen molar-refractivity contribution >= 4 is 7.91 Å². The first-order valence-electron chi connectivity index (χ1n) is 2.27. The topological polar surface area (TPSA) is 67.2 Å². The van der Waals surface area contributed by atoms with Gasteiger partial charge in [0.2, 0.25) is 0 Å². The number of hydrogen-bond donors (Lipinski definition) is 0. The molecule has 0 saturated heterocycles. The van der Waals surface area contributed by atoms with E-state index >= 15 is 0 Å². The first kappa shape index (κ1) is 11.1. The summed E-state index contributed by atoms with van der Waals surface area (Å²) in [5.74, 6) is 0. The van der Waals surface area contributed by atoms with Crippen molar-refractivity contribution < 1.29 is 47.8 Å². The number of halogens is 1. The number of imidazole rings is 1. The first-order chi connectivity index (χ1) is 4.58. The predicted octanol–water partition coefficient (Wildman–Crippen LogP) is -3.25. The Bertz CT molecular complexity index is 247. The van der Waals surface area contributed by atoms with Gasteiger partial charge in [0.05, 0.1) is 6.20 Å². The fourth-order valence-electron chi connectivity index (χ4n) is 0.408. The number of rotatable bonds is 2. The van der Waals surface area contributed by atoms with Gasteiger partial charge in [-0.2, -0.15) is 8.93 Å². The van der Waals surface area contributed by atoms with Crippen LogP contribution in [0.1, 0.15) is 0 Å². The second-order valence-electron chi connectivity index (χ2n) is 1.43. The van der Waals surface area contributed by atoms with Crippen LogP contribution in [0.5, 0.6) is 0 Å². The molecular weight excluding hydrogens is 185 g/mol. The molecule has 0 aromatic carbocycles. The van der Waals surface area contributed by atoms with Gasteiger partial charge in [-0.1, -0.05) is 0 Å². The molecule has 0 radical (unpaired) electrons. The SMILES string of the molecule is O=P([O-])(F)On1ccnc1.[Na+]. The van der Waals surface area contributed by atoms with Gasteiger partial charge in [-0.05, 0) is 0 Å². The van der Waals surface area contributed by atoms with E-state index in [1.165, 1.54) is 6.20 Å². The second kappa shape index (κ2) is 4.23. The molecule has 0 aliphatic heterocycles. The molecule has 0 aliphatic carbocycles. The standard InChI is InChI=1S/C3H4FN2O3P.Na/c4-10(7,8)9-6-2-1-5-3-6;/h1-3H,(H,7,8);/q;+1/p-1. The molecule has 8 heteroatoms. The average molecular weight is 188 g/mol. The van der Waals surface area contributed by atoms with Crippen molar-refractivity contribution in [2.75, 3.05) is 0 Å². The van der Waals surface area contributed by atoms with Crippen LogP contribution in [0.2, 0.25) is 0 Å². The molecule has 1 aromatic rings. The van der Waals surface area contributed by atoms with E-state index in [1.807, 2.05) is 0 Å². The summed E-state index contributed by atoms with van der Waals surface area (Å²) in [6, 6.07) is 0. The molecule has 1 unspecified atom stereocenters. The predicted molar refractivity (Wildman–Crippen MR) is 27.5 cm³/mol. The molecule has 1 rings (SSSR count). The third-order valence-corrected chi connectivity index (χ3v) is 1.06. The molecule has 11 heavy (non-hydrogen) atoms. The Hall–Kier alpha value is 0.130. The van der Waals surface area contributed by atoms with Crippen LogP contribution in [0, 0.1) is 0 Å². The fraction of sp³-hybridized carbons (Fsp3) is 0. The van der Waals surface area contributed by atoms with Crippen LogP contribution in [0.4, 0.5) is 4.20 Å². The zero-order valence-electron chi connectivity index (χ0n) is 5.68. The van der Waals surface area contributed by atoms with Crippen LogP contribution in [0.3, 0.4) is 0 Å². The maximum atomic E-state index is 11.7. The molecule has 56 valence electrons. The molecule has 0 amide bonds. The summed E-state index contributed by atoms with van der Waals surface area (Å²) in [5.41, 5.74) is 0. The maximum Gasteiger partial charge on any atom is 1.00 e. The summed E-state index contributed by atoms with van der Waals surface area (Å²) < 4.78 is 25.8. The zero-order valence-corrected chi connectivity index (χ0v) is 8.57. The smallest absolute Gasteiger partial charge is 0.741 e. The Morgan fingerprint density at radius 3 is 2.73 bits per heavy atom. The van der Waals surface area contributed by atoms with E-state index < -0.39 is 7.91 Å². The Morgan fingerprint density at radius 1 is 1.73 bits per heavy atom. The van der Waals surface area contributed by atoms with Crippen LogP contribution >= 0.6 is 7.91 Å². The van der Waals surface area contributed by atoms with Crippen molar-refractivity contribution in [3.05, 3.63) is 18.7 Å². The van der Waals surface area contributed by atoms with Gasteiger partial charge < -0.3 is 9.52 Å². The monoisotopic (exact) mass is 188 g/mol. The molecule has 1 heterocycles. The van der Waals surface area contributed by atoms with Crippen molar-refractivity contribution in [2.24, 2.45) is 0 Å². The van der Waals surface area contributed by atoms with Crippen molar-refractivity contribution in [1.82, 2.24) is 9.71 Å². The summed E-state index contributed by atoms with van der Waals surface area (Å²) in [4.78, 5) is 13.2. The van der Waals surface area contributed by atoms with Crippen molar-refractivity contribution in [3.63, 3.8) is 0 Å². The van der Waals surface area contributed by atoms with E-state index in [0.717, 1.165) is 12.5 Å². The van der Waals surface area contributed by atoms with Gasteiger partial charge in [0.15, 0.2) is 0 Å². The number of nitrogens with zero attached hydrogens (tertiary/aromatic N) is 2. The summed E-state index contributed by atoms with van der Waals surface area (Å²) in [7, 11) is -5.18. The Balaban J connectivity index is 0.000001000. The molecule has 0 N–H and O–H groups in total. The second-order valence-corrected chi connectivity index (χ2v) is 2.46. The molecule has 0 aliphatic rings. The molecule has 0 spiro atoms. The summed E-state index contributed by atoms with van der Waals surface area (Å²) in [6.45, 7) is 0. The molecular formula is C3H3FN2NaO3P. The summed E-state index contributed by atoms with van der Waals surface area (Å²) >= 11 is 0. The Morgan fingerprint density at radius 2 is 2.36 bits per heavy atom. The van der Waals surface area contributed by atoms with Gasteiger partial charge in [0.1, 0.15) is 6.33 Å². The minimum Gasteiger partial charge on any atom is -0.741 e. The van der Waals surface area contributed by atoms with Crippen LogP contribution in [-0.2, 0) is 4.57 Å². The Labute approximate surface area is 84.1 Å². The van der Waals surface area contributed by atoms with Crippen molar-refractivity contribution in [3.8, 4) is 0 Å². The van der Waals surface area contributed by atoms with Gasteiger partial charge in [-0.25, -0.2) is 4.98 Å². The minimum atomic E-state index is -5.18. The van der Waals surface area contributed by atoms with Gasteiger partial charge in [-0.15, -0.1) is 0 Å². The van der Waals surface area contributed by atoms with Gasteiger partial charge in [0, 0.05) is 6.20 Å². The third kappa shape index (κ3) is 4.55. The van der Waals surface area contributed by atoms with E-state index in [4.69, 9.17) is 0 Å². The van der Waals surface area contributed by atoms with Crippen LogP contribution in [0.15, 0.2) is 18.7 Å². The minimum absolute atomic E-state index is 0. The van der Waals surface area contributed by atoms with E-state index in [0.29, 0.717) is 4.73 Å². The van der Waals surface area contributed by atoms with Crippen LogP contribution in [-0.4, -0.2) is 9.71 Å². The third-order valence-electron chi connectivity index (χ3n) is 0.672. The van der Waals surface area contributed by atoms with E-state index in [1.54, 1.807) is 0 Å². The van der Waals surface area contributed by atoms with Crippen LogP contribution < -0.4 is 39.1 Å². The summed E-state index contributed by atoms with van der Waals surface area (Å²) in [6.07, 6.45) is 3.43. The number of hydrogen-bond acceptors (Lipinski definition) is 4. The Kier molecular flexibility index (Phi) is 4.28. The van der Waals surface area contributed by atoms with Crippen molar-refractivity contribution in [1.29, 1.82) is 0 Å². The van der Waals surface area contributed by atoms with E-state index in [2.05, 4.69) is 9.61 Å². The number of aromatic nitrogens is 2. The molecule has 0 fully saturated rings. The van der Waals surface area contributed by atoms with E-state index in [-0.39, 0.29) is 29.6 Å². The molecule has 1 atom stereocenters. The largest absolute Gasteiger partial charge is 1.00 e. The first-order valence-corrected chi connectivity index (χ1v) is 3.70. The normalized spacial score (nSPS) is 14.7. The quantitative estimate of drug-likeness (QED) is 0.361. The van der Waals surface area contributed by atoms with Crippen molar-refractivity contribution in [2.45, 2.75) is 0 Å². The average Bonchev–Trinajstić information content (AvgIpc) is 2.12. The van der Waals surface area contributed by atoms with Gasteiger partial charge in [-0.3, -0.25) is 4.57 Å².